The molecular weight excluding hydrogens is 236 g/mol. The van der Waals surface area contributed by atoms with Crippen LogP contribution in [0, 0.1) is 0 Å². The highest BCUT2D eigenvalue weighted by Crippen LogP contribution is 2.24. The van der Waals surface area contributed by atoms with Crippen molar-refractivity contribution in [2.45, 2.75) is 12.8 Å². The third kappa shape index (κ3) is 2.85. The second-order valence-electron chi connectivity index (χ2n) is 4.85. The minimum Gasteiger partial charge on any atom is -0.334 e. The van der Waals surface area contributed by atoms with E-state index >= 15 is 0 Å². The molecule has 1 unspecified atom stereocenters. The van der Waals surface area contributed by atoms with E-state index in [0.717, 1.165) is 18.6 Å². The Hall–Kier alpha value is -1.65. The topological polar surface area (TPSA) is 55.9 Å². The molecule has 0 spiro atoms. The lowest BCUT2D eigenvalue weighted by molar-refractivity contribution is 0.642. The van der Waals surface area contributed by atoms with Crippen LogP contribution in [-0.2, 0) is 7.05 Å². The molecule has 2 heterocycles. The zero-order chi connectivity index (χ0) is 13.8. The normalized spacial score (nSPS) is 18.7. The van der Waals surface area contributed by atoms with E-state index in [2.05, 4.69) is 51.8 Å². The minimum absolute atomic E-state index is 0.489. The first-order valence-electron chi connectivity index (χ1n) is 6.61. The molecule has 1 aliphatic heterocycles. The molecule has 1 aromatic heterocycles. The van der Waals surface area contributed by atoms with Crippen molar-refractivity contribution in [1.29, 1.82) is 0 Å². The Morgan fingerprint density at radius 3 is 2.89 bits per heavy atom. The molecule has 1 atom stereocenters. The predicted molar refractivity (Wildman–Crippen MR) is 80.2 cm³/mol. The molecule has 0 radical (unpaired) electrons. The lowest BCUT2D eigenvalue weighted by Crippen LogP contribution is -2.27. The fourth-order valence-corrected chi connectivity index (χ4v) is 2.47. The summed E-state index contributed by atoms with van der Waals surface area (Å²) in [6, 6.07) is 6.56. The molecular formula is C15H22N4. The van der Waals surface area contributed by atoms with E-state index in [0.29, 0.717) is 5.92 Å². The zero-order valence-corrected chi connectivity index (χ0v) is 11.9. The second-order valence-corrected chi connectivity index (χ2v) is 4.85. The Balaban J connectivity index is 0.000000637. The highest BCUT2D eigenvalue weighted by Gasteiger charge is 2.14. The largest absolute Gasteiger partial charge is 0.334 e. The number of aromatic nitrogens is 2. The van der Waals surface area contributed by atoms with Gasteiger partial charge in [0.2, 0.25) is 0 Å². The highest BCUT2D eigenvalue weighted by atomic mass is 15.0. The number of hydrogen-bond acceptors (Lipinski definition) is 3. The van der Waals surface area contributed by atoms with Crippen molar-refractivity contribution >= 4 is 11.0 Å². The molecule has 1 aromatic carbocycles. The van der Waals surface area contributed by atoms with Gasteiger partial charge in [-0.25, -0.2) is 4.98 Å². The molecule has 4 heteroatoms. The van der Waals surface area contributed by atoms with Gasteiger partial charge in [0.1, 0.15) is 0 Å². The van der Waals surface area contributed by atoms with E-state index in [4.69, 9.17) is 0 Å². The average Bonchev–Trinajstić information content (AvgIpc) is 2.82. The third-order valence-corrected chi connectivity index (χ3v) is 3.43. The number of aryl methyl sites for hydroxylation is 1. The summed E-state index contributed by atoms with van der Waals surface area (Å²) in [5.74, 6) is 0.489. The van der Waals surface area contributed by atoms with E-state index in [1.807, 2.05) is 13.4 Å². The number of nitrogens with zero attached hydrogens (tertiary/aromatic N) is 2. The predicted octanol–water partition coefficient (Wildman–Crippen LogP) is 1.78. The lowest BCUT2D eigenvalue weighted by Gasteiger charge is -2.21. The Morgan fingerprint density at radius 1 is 1.37 bits per heavy atom. The SMILES string of the molecule is CC1=CC(c2ccc3ncn(C)c3c2)CNC1.CN. The number of imidazole rings is 1. The van der Waals surface area contributed by atoms with Crippen LogP contribution in [0.15, 0.2) is 36.2 Å². The highest BCUT2D eigenvalue weighted by molar-refractivity contribution is 5.76. The van der Waals surface area contributed by atoms with Crippen LogP contribution in [0.5, 0.6) is 0 Å². The van der Waals surface area contributed by atoms with Crippen molar-refractivity contribution in [2.24, 2.45) is 12.8 Å². The van der Waals surface area contributed by atoms with Crippen molar-refractivity contribution in [3.8, 4) is 0 Å². The first-order chi connectivity index (χ1) is 9.24. The molecule has 2 aromatic rings. The van der Waals surface area contributed by atoms with Crippen LogP contribution in [0.1, 0.15) is 18.4 Å². The van der Waals surface area contributed by atoms with E-state index < -0.39 is 0 Å². The minimum atomic E-state index is 0.489. The van der Waals surface area contributed by atoms with Crippen molar-refractivity contribution in [3.63, 3.8) is 0 Å². The molecule has 0 saturated heterocycles. The number of nitrogens with two attached hydrogens (primary N) is 1. The number of benzene rings is 1. The van der Waals surface area contributed by atoms with Gasteiger partial charge in [0.15, 0.2) is 0 Å². The van der Waals surface area contributed by atoms with Gasteiger partial charge in [0.25, 0.3) is 0 Å². The smallest absolute Gasteiger partial charge is 0.0955 e. The van der Waals surface area contributed by atoms with Crippen molar-refractivity contribution in [2.75, 3.05) is 20.1 Å². The lowest BCUT2D eigenvalue weighted by atomic mass is 9.94. The monoisotopic (exact) mass is 258 g/mol. The molecule has 0 saturated carbocycles. The van der Waals surface area contributed by atoms with Crippen LogP contribution < -0.4 is 11.1 Å². The zero-order valence-electron chi connectivity index (χ0n) is 11.9. The van der Waals surface area contributed by atoms with E-state index in [1.54, 1.807) is 0 Å². The first-order valence-corrected chi connectivity index (χ1v) is 6.61. The van der Waals surface area contributed by atoms with Gasteiger partial charge in [0.05, 0.1) is 17.4 Å². The standard InChI is InChI=1S/C14H17N3.CH5N/c1-10-5-12(8-15-7-10)11-3-4-13-14(6-11)17(2)9-16-13;1-2/h3-6,9,12,15H,7-8H2,1-2H3;2H2,1H3. The van der Waals surface area contributed by atoms with Crippen molar-refractivity contribution in [1.82, 2.24) is 14.9 Å². The maximum atomic E-state index is 4.50. The molecule has 3 N–H and O–H groups in total. The summed E-state index contributed by atoms with van der Waals surface area (Å²) in [6.45, 7) is 4.23. The third-order valence-electron chi connectivity index (χ3n) is 3.43. The number of fused-ring (bicyclic) bond motifs is 1. The fourth-order valence-electron chi connectivity index (χ4n) is 2.47. The Labute approximate surface area is 114 Å². The van der Waals surface area contributed by atoms with Gasteiger partial charge in [-0.15, -0.1) is 0 Å². The van der Waals surface area contributed by atoms with E-state index in [-0.39, 0.29) is 0 Å². The van der Waals surface area contributed by atoms with E-state index in [1.165, 1.54) is 23.7 Å². The second kappa shape index (κ2) is 5.99. The Bertz CT molecular complexity index is 583. The van der Waals surface area contributed by atoms with Gasteiger partial charge >= 0.3 is 0 Å². The summed E-state index contributed by atoms with van der Waals surface area (Å²) >= 11 is 0. The van der Waals surface area contributed by atoms with Crippen LogP contribution >= 0.6 is 0 Å². The summed E-state index contributed by atoms with van der Waals surface area (Å²) in [7, 11) is 3.54. The molecule has 4 nitrogen and oxygen atoms in total. The molecule has 0 fully saturated rings. The van der Waals surface area contributed by atoms with Crippen LogP contribution in [0.2, 0.25) is 0 Å². The molecule has 102 valence electrons. The summed E-state index contributed by atoms with van der Waals surface area (Å²) in [6.07, 6.45) is 4.24. The Morgan fingerprint density at radius 2 is 2.16 bits per heavy atom. The van der Waals surface area contributed by atoms with Gasteiger partial charge in [-0.3, -0.25) is 0 Å². The van der Waals surface area contributed by atoms with Crippen molar-refractivity contribution < 1.29 is 0 Å². The number of rotatable bonds is 1. The summed E-state index contributed by atoms with van der Waals surface area (Å²) in [5, 5.41) is 3.45. The van der Waals surface area contributed by atoms with Crippen LogP contribution in [0.4, 0.5) is 0 Å². The maximum Gasteiger partial charge on any atom is 0.0955 e. The molecule has 0 bridgehead atoms. The van der Waals surface area contributed by atoms with Gasteiger partial charge in [-0.05, 0) is 31.7 Å². The summed E-state index contributed by atoms with van der Waals surface area (Å²) in [4.78, 5) is 4.35. The van der Waals surface area contributed by atoms with Crippen molar-refractivity contribution in [3.05, 3.63) is 41.7 Å². The molecule has 1 aliphatic rings. The van der Waals surface area contributed by atoms with E-state index in [9.17, 15) is 0 Å². The van der Waals surface area contributed by atoms with Gasteiger partial charge in [-0.2, -0.15) is 0 Å². The number of hydrogen-bond donors (Lipinski definition) is 2. The van der Waals surface area contributed by atoms with Gasteiger partial charge in [-0.1, -0.05) is 17.7 Å². The first kappa shape index (κ1) is 13.8. The van der Waals surface area contributed by atoms with Crippen LogP contribution in [-0.4, -0.2) is 29.7 Å². The quantitative estimate of drug-likeness (QED) is 0.767. The fraction of sp³-hybridized carbons (Fsp3) is 0.400. The molecule has 0 amide bonds. The van der Waals surface area contributed by atoms with Crippen LogP contribution in [0.3, 0.4) is 0 Å². The Kier molecular flexibility index (Phi) is 4.35. The van der Waals surface area contributed by atoms with Gasteiger partial charge in [0, 0.05) is 26.1 Å². The molecule has 3 rings (SSSR count). The average molecular weight is 258 g/mol. The molecule has 19 heavy (non-hydrogen) atoms. The summed E-state index contributed by atoms with van der Waals surface area (Å²) < 4.78 is 2.08. The van der Waals surface area contributed by atoms with Crippen LogP contribution in [0.25, 0.3) is 11.0 Å². The number of nitrogens with one attached hydrogen (secondary N) is 1. The summed E-state index contributed by atoms with van der Waals surface area (Å²) in [5.41, 5.74) is 9.57. The molecule has 0 aliphatic carbocycles. The maximum absolute atomic E-state index is 4.50. The van der Waals surface area contributed by atoms with Gasteiger partial charge < -0.3 is 15.6 Å².